The fraction of sp³-hybridized carbons (Fsp3) is 0.588. The molecular weight excluding hydrogens is 252 g/mol. The zero-order valence-corrected chi connectivity index (χ0v) is 12.8. The van der Waals surface area contributed by atoms with Gasteiger partial charge in [-0.2, -0.15) is 4.89 Å². The summed E-state index contributed by atoms with van der Waals surface area (Å²) in [5.74, 6) is -0.520. The summed E-state index contributed by atoms with van der Waals surface area (Å²) in [6.07, 6.45) is 5.28. The highest BCUT2D eigenvalue weighted by atomic mass is 17.2. The van der Waals surface area contributed by atoms with Crippen molar-refractivity contribution in [2.45, 2.75) is 64.9 Å². The van der Waals surface area contributed by atoms with Gasteiger partial charge in [0.05, 0.1) is 12.0 Å². The van der Waals surface area contributed by atoms with Gasteiger partial charge in [-0.1, -0.05) is 62.9 Å². The maximum Gasteiger partial charge on any atom is 0.349 e. The Morgan fingerprint density at radius 1 is 1.10 bits per heavy atom. The first-order valence-corrected chi connectivity index (χ1v) is 7.57. The molecule has 0 aliphatic carbocycles. The minimum atomic E-state index is -0.290. The zero-order chi connectivity index (χ0) is 14.8. The molecular formula is C17H26O3. The Morgan fingerprint density at radius 2 is 1.80 bits per heavy atom. The van der Waals surface area contributed by atoms with Gasteiger partial charge in [-0.25, -0.2) is 4.79 Å². The van der Waals surface area contributed by atoms with Crippen molar-refractivity contribution < 1.29 is 14.6 Å². The Balaban J connectivity index is 2.61. The van der Waals surface area contributed by atoms with Crippen LogP contribution in [0, 0.1) is 0 Å². The van der Waals surface area contributed by atoms with E-state index in [4.69, 9.17) is 9.78 Å². The molecule has 1 aromatic carbocycles. The molecule has 1 rings (SSSR count). The fourth-order valence-corrected chi connectivity index (χ4v) is 2.08. The quantitative estimate of drug-likeness (QED) is 0.375. The van der Waals surface area contributed by atoms with Crippen molar-refractivity contribution in [3.63, 3.8) is 0 Å². The molecule has 0 N–H and O–H groups in total. The third-order valence-electron chi connectivity index (χ3n) is 3.16. The van der Waals surface area contributed by atoms with Crippen LogP contribution in [0.15, 0.2) is 30.3 Å². The molecule has 3 heteroatoms. The summed E-state index contributed by atoms with van der Waals surface area (Å²) in [6, 6.07) is 9.80. The van der Waals surface area contributed by atoms with Gasteiger partial charge in [0.2, 0.25) is 0 Å². The van der Waals surface area contributed by atoms with Crippen LogP contribution in [0.3, 0.4) is 0 Å². The van der Waals surface area contributed by atoms with Gasteiger partial charge in [0, 0.05) is 0 Å². The Morgan fingerprint density at radius 3 is 2.40 bits per heavy atom. The van der Waals surface area contributed by atoms with Gasteiger partial charge in [-0.3, -0.25) is 4.89 Å². The molecule has 0 radical (unpaired) electrons. The molecule has 112 valence electrons. The maximum atomic E-state index is 12.2. The molecule has 0 saturated carbocycles. The van der Waals surface area contributed by atoms with Crippen molar-refractivity contribution in [2.24, 2.45) is 0 Å². The van der Waals surface area contributed by atoms with Crippen LogP contribution in [0.5, 0.6) is 0 Å². The monoisotopic (exact) mass is 278 g/mol. The summed E-state index contributed by atoms with van der Waals surface area (Å²) in [6.45, 7) is 5.86. The van der Waals surface area contributed by atoms with Crippen molar-refractivity contribution in [3.8, 4) is 0 Å². The second kappa shape index (κ2) is 9.54. The van der Waals surface area contributed by atoms with Gasteiger partial charge in [0.15, 0.2) is 0 Å². The second-order valence-electron chi connectivity index (χ2n) is 5.36. The Bertz CT molecular complexity index is 373. The number of carbonyl (C=O) groups is 1. The lowest BCUT2D eigenvalue weighted by Gasteiger charge is -2.16. The molecule has 3 nitrogen and oxygen atoms in total. The summed E-state index contributed by atoms with van der Waals surface area (Å²) in [4.78, 5) is 22.1. The first-order chi connectivity index (χ1) is 9.65. The van der Waals surface area contributed by atoms with Gasteiger partial charge in [-0.15, -0.1) is 0 Å². The molecule has 0 fully saturated rings. The zero-order valence-electron chi connectivity index (χ0n) is 12.8. The number of carbonyl (C=O) groups excluding carboxylic acids is 1. The average molecular weight is 278 g/mol. The van der Waals surface area contributed by atoms with E-state index in [1.54, 1.807) is 0 Å². The van der Waals surface area contributed by atoms with Crippen molar-refractivity contribution in [3.05, 3.63) is 35.9 Å². The lowest BCUT2D eigenvalue weighted by atomic mass is 9.93. The Hall–Kier alpha value is -1.35. The number of benzene rings is 1. The molecule has 1 aromatic rings. The smallest absolute Gasteiger partial charge is 0.297 e. The molecule has 0 heterocycles. The van der Waals surface area contributed by atoms with E-state index in [1.807, 2.05) is 44.2 Å². The van der Waals surface area contributed by atoms with E-state index in [2.05, 4.69) is 6.92 Å². The summed E-state index contributed by atoms with van der Waals surface area (Å²) in [5.41, 5.74) is 1.00. The van der Waals surface area contributed by atoms with Crippen molar-refractivity contribution in [1.29, 1.82) is 0 Å². The molecule has 0 saturated heterocycles. The minimum absolute atomic E-state index is 0.115. The minimum Gasteiger partial charge on any atom is -0.297 e. The third-order valence-corrected chi connectivity index (χ3v) is 3.16. The number of hydrogen-bond acceptors (Lipinski definition) is 3. The molecule has 0 bridgehead atoms. The maximum absolute atomic E-state index is 12.2. The molecule has 0 spiro atoms. The van der Waals surface area contributed by atoms with Crippen LogP contribution >= 0.6 is 0 Å². The van der Waals surface area contributed by atoms with E-state index in [0.29, 0.717) is 0 Å². The summed E-state index contributed by atoms with van der Waals surface area (Å²) < 4.78 is 0. The predicted octanol–water partition coefficient (Wildman–Crippen LogP) is 4.62. The molecule has 1 atom stereocenters. The Labute approximate surface area is 122 Å². The molecule has 1 unspecified atom stereocenters. The SMILES string of the molecule is CCCCCCC(C(=O)OOC(C)C)c1ccccc1. The standard InChI is InChI=1S/C17H26O3/c1-4-5-6-10-13-16(15-11-8-7-9-12-15)17(18)20-19-14(2)3/h7-9,11-12,14,16H,4-6,10,13H2,1-3H3. The van der Waals surface area contributed by atoms with E-state index < -0.39 is 0 Å². The molecule has 0 amide bonds. The van der Waals surface area contributed by atoms with Crippen LogP contribution < -0.4 is 0 Å². The first-order valence-electron chi connectivity index (χ1n) is 7.57. The van der Waals surface area contributed by atoms with E-state index in [-0.39, 0.29) is 18.0 Å². The van der Waals surface area contributed by atoms with Crippen molar-refractivity contribution in [1.82, 2.24) is 0 Å². The van der Waals surface area contributed by atoms with Gasteiger partial charge < -0.3 is 0 Å². The van der Waals surface area contributed by atoms with Crippen LogP contribution in [-0.4, -0.2) is 12.1 Å². The van der Waals surface area contributed by atoms with Gasteiger partial charge in [0.25, 0.3) is 0 Å². The predicted molar refractivity (Wildman–Crippen MR) is 80.3 cm³/mol. The number of hydrogen-bond donors (Lipinski definition) is 0. The van der Waals surface area contributed by atoms with E-state index in [1.165, 1.54) is 12.8 Å². The van der Waals surface area contributed by atoms with Crippen LogP contribution in [0.1, 0.15) is 64.4 Å². The highest BCUT2D eigenvalue weighted by Crippen LogP contribution is 2.24. The molecule has 0 aliphatic heterocycles. The van der Waals surface area contributed by atoms with E-state index >= 15 is 0 Å². The molecule has 0 aliphatic rings. The van der Waals surface area contributed by atoms with E-state index in [9.17, 15) is 4.79 Å². The van der Waals surface area contributed by atoms with Crippen molar-refractivity contribution in [2.75, 3.05) is 0 Å². The van der Waals surface area contributed by atoms with Crippen LogP contribution in [0.4, 0.5) is 0 Å². The first kappa shape index (κ1) is 16.7. The summed E-state index contributed by atoms with van der Waals surface area (Å²) in [5, 5.41) is 0. The lowest BCUT2D eigenvalue weighted by molar-refractivity contribution is -0.292. The lowest BCUT2D eigenvalue weighted by Crippen LogP contribution is -2.18. The third kappa shape index (κ3) is 6.20. The largest absolute Gasteiger partial charge is 0.349 e. The van der Waals surface area contributed by atoms with Gasteiger partial charge in [-0.05, 0) is 25.8 Å². The molecule has 20 heavy (non-hydrogen) atoms. The topological polar surface area (TPSA) is 35.5 Å². The van der Waals surface area contributed by atoms with Crippen molar-refractivity contribution >= 4 is 5.97 Å². The van der Waals surface area contributed by atoms with Crippen LogP contribution in [0.2, 0.25) is 0 Å². The Kier molecular flexibility index (Phi) is 7.97. The van der Waals surface area contributed by atoms with Crippen LogP contribution in [0.25, 0.3) is 0 Å². The highest BCUT2D eigenvalue weighted by Gasteiger charge is 2.23. The van der Waals surface area contributed by atoms with Crippen LogP contribution in [-0.2, 0) is 14.6 Å². The normalized spacial score (nSPS) is 12.4. The van der Waals surface area contributed by atoms with Gasteiger partial charge in [0.1, 0.15) is 0 Å². The fourth-order valence-electron chi connectivity index (χ4n) is 2.08. The average Bonchev–Trinajstić information content (AvgIpc) is 2.46. The van der Waals surface area contributed by atoms with E-state index in [0.717, 1.165) is 24.8 Å². The summed E-state index contributed by atoms with van der Waals surface area (Å²) in [7, 11) is 0. The van der Waals surface area contributed by atoms with Gasteiger partial charge >= 0.3 is 5.97 Å². The number of rotatable bonds is 9. The number of unbranched alkanes of at least 4 members (excludes halogenated alkanes) is 3. The second-order valence-corrected chi connectivity index (χ2v) is 5.36. The summed E-state index contributed by atoms with van der Waals surface area (Å²) >= 11 is 0. The molecule has 0 aromatic heterocycles. The highest BCUT2D eigenvalue weighted by molar-refractivity contribution is 5.77.